The summed E-state index contributed by atoms with van der Waals surface area (Å²) < 4.78 is 25.8. The van der Waals surface area contributed by atoms with E-state index in [2.05, 4.69) is 15.6 Å². The zero-order valence-corrected chi connectivity index (χ0v) is 11.8. The number of rotatable bonds is 5. The fourth-order valence-electron chi connectivity index (χ4n) is 2.49. The Morgan fingerprint density at radius 1 is 1.35 bits per heavy atom. The molecule has 0 amide bonds. The van der Waals surface area contributed by atoms with Crippen LogP contribution in [0.25, 0.3) is 0 Å². The second-order valence-corrected chi connectivity index (χ2v) is 6.85. The van der Waals surface area contributed by atoms with E-state index in [-0.39, 0.29) is 11.8 Å². The molecule has 6 nitrogen and oxygen atoms in total. The van der Waals surface area contributed by atoms with Gasteiger partial charge in [-0.2, -0.15) is 0 Å². The standard InChI is InChI=1S/C13H16N4O2S/c18-20(19)10-12(11-4-1-2-5-13(11)20)14-6-3-8-17-9-7-15-16-17/h1-2,4-5,7,9,12,14H,3,6,8,10H2. The topological polar surface area (TPSA) is 76.9 Å². The molecule has 3 rings (SSSR count). The number of sulfone groups is 1. The number of aromatic nitrogens is 3. The zero-order valence-electron chi connectivity index (χ0n) is 10.9. The fraction of sp³-hybridized carbons (Fsp3) is 0.385. The van der Waals surface area contributed by atoms with Crippen molar-refractivity contribution in [2.75, 3.05) is 12.3 Å². The maximum atomic E-state index is 12.0. The van der Waals surface area contributed by atoms with E-state index in [1.165, 1.54) is 0 Å². The van der Waals surface area contributed by atoms with Crippen molar-refractivity contribution < 1.29 is 8.42 Å². The van der Waals surface area contributed by atoms with Crippen molar-refractivity contribution in [1.29, 1.82) is 0 Å². The maximum absolute atomic E-state index is 12.0. The average Bonchev–Trinajstić information content (AvgIpc) is 3.03. The molecule has 1 aliphatic heterocycles. The second kappa shape index (κ2) is 5.34. The molecule has 1 aliphatic rings. The predicted octanol–water partition coefficient (Wildman–Crippen LogP) is 0.786. The molecule has 0 fully saturated rings. The monoisotopic (exact) mass is 292 g/mol. The Hall–Kier alpha value is -1.73. The molecule has 1 aromatic heterocycles. The summed E-state index contributed by atoms with van der Waals surface area (Å²) in [6.45, 7) is 1.52. The van der Waals surface area contributed by atoms with Gasteiger partial charge in [0.15, 0.2) is 9.84 Å². The van der Waals surface area contributed by atoms with E-state index in [4.69, 9.17) is 0 Å². The summed E-state index contributed by atoms with van der Waals surface area (Å²) in [6.07, 6.45) is 4.34. The summed E-state index contributed by atoms with van der Waals surface area (Å²) in [5.41, 5.74) is 0.883. The summed E-state index contributed by atoms with van der Waals surface area (Å²) in [7, 11) is -3.13. The number of nitrogens with one attached hydrogen (secondary N) is 1. The van der Waals surface area contributed by atoms with Gasteiger partial charge in [-0.05, 0) is 24.6 Å². The second-order valence-electron chi connectivity index (χ2n) is 4.85. The minimum Gasteiger partial charge on any atom is -0.309 e. The summed E-state index contributed by atoms with van der Waals surface area (Å²) in [6, 6.07) is 7.11. The first-order valence-corrected chi connectivity index (χ1v) is 8.21. The first-order chi connectivity index (χ1) is 9.67. The third kappa shape index (κ3) is 2.59. The van der Waals surface area contributed by atoms with Gasteiger partial charge in [-0.3, -0.25) is 4.68 Å². The molecule has 0 bridgehead atoms. The normalized spacial score (nSPS) is 19.9. The predicted molar refractivity (Wildman–Crippen MR) is 73.9 cm³/mol. The average molecular weight is 292 g/mol. The SMILES string of the molecule is O=S1(=O)CC(NCCCn2ccnn2)c2ccccc21. The van der Waals surface area contributed by atoms with Gasteiger partial charge in [-0.15, -0.1) is 5.10 Å². The molecule has 1 N–H and O–H groups in total. The molecule has 20 heavy (non-hydrogen) atoms. The maximum Gasteiger partial charge on any atom is 0.180 e. The first-order valence-electron chi connectivity index (χ1n) is 6.56. The lowest BCUT2D eigenvalue weighted by atomic mass is 10.1. The van der Waals surface area contributed by atoms with Crippen molar-refractivity contribution in [1.82, 2.24) is 20.3 Å². The first kappa shape index (κ1) is 13.3. The van der Waals surface area contributed by atoms with Crippen LogP contribution in [-0.4, -0.2) is 35.7 Å². The summed E-state index contributed by atoms with van der Waals surface area (Å²) in [5.74, 6) is 0.148. The van der Waals surface area contributed by atoms with E-state index < -0.39 is 9.84 Å². The summed E-state index contributed by atoms with van der Waals surface area (Å²) in [4.78, 5) is 0.466. The minimum atomic E-state index is -3.13. The van der Waals surface area contributed by atoms with E-state index in [0.717, 1.165) is 25.1 Å². The summed E-state index contributed by atoms with van der Waals surface area (Å²) in [5, 5.41) is 10.9. The van der Waals surface area contributed by atoms with Gasteiger partial charge < -0.3 is 5.32 Å². The lowest BCUT2D eigenvalue weighted by Gasteiger charge is -2.12. The van der Waals surface area contributed by atoms with Crippen molar-refractivity contribution in [3.05, 3.63) is 42.2 Å². The van der Waals surface area contributed by atoms with Crippen molar-refractivity contribution in [3.63, 3.8) is 0 Å². The Labute approximate surface area is 117 Å². The van der Waals surface area contributed by atoms with Gasteiger partial charge in [0, 0.05) is 18.8 Å². The minimum absolute atomic E-state index is 0.105. The number of fused-ring (bicyclic) bond motifs is 1. The molecule has 0 saturated heterocycles. The molecule has 7 heteroatoms. The molecule has 1 unspecified atom stereocenters. The summed E-state index contributed by atoms with van der Waals surface area (Å²) >= 11 is 0. The Balaban J connectivity index is 1.59. The Bertz CT molecular complexity index is 682. The highest BCUT2D eigenvalue weighted by Crippen LogP contribution is 2.32. The molecule has 106 valence electrons. The van der Waals surface area contributed by atoms with Crippen LogP contribution < -0.4 is 5.32 Å². The molecule has 0 saturated carbocycles. The largest absolute Gasteiger partial charge is 0.309 e. The van der Waals surface area contributed by atoms with Gasteiger partial charge in [0.2, 0.25) is 0 Å². The van der Waals surface area contributed by atoms with Gasteiger partial charge in [0.05, 0.1) is 16.8 Å². The highest BCUT2D eigenvalue weighted by Gasteiger charge is 2.33. The molecule has 0 aliphatic carbocycles. The van der Waals surface area contributed by atoms with Crippen LogP contribution in [0.15, 0.2) is 41.6 Å². The van der Waals surface area contributed by atoms with Crippen LogP contribution in [0.3, 0.4) is 0 Å². The molecular formula is C13H16N4O2S. The fourth-order valence-corrected chi connectivity index (χ4v) is 4.26. The smallest absolute Gasteiger partial charge is 0.180 e. The van der Waals surface area contributed by atoms with Gasteiger partial charge in [0.1, 0.15) is 0 Å². The van der Waals surface area contributed by atoms with Crippen LogP contribution in [0.2, 0.25) is 0 Å². The van der Waals surface area contributed by atoms with Crippen LogP contribution in [0.5, 0.6) is 0 Å². The van der Waals surface area contributed by atoms with Gasteiger partial charge in [-0.25, -0.2) is 8.42 Å². The van der Waals surface area contributed by atoms with Crippen LogP contribution in [0.1, 0.15) is 18.0 Å². The lowest BCUT2D eigenvalue weighted by molar-refractivity contribution is 0.500. The van der Waals surface area contributed by atoms with Crippen molar-refractivity contribution in [2.24, 2.45) is 0 Å². The highest BCUT2D eigenvalue weighted by molar-refractivity contribution is 7.91. The quantitative estimate of drug-likeness (QED) is 0.824. The highest BCUT2D eigenvalue weighted by atomic mass is 32.2. The van der Waals surface area contributed by atoms with Crippen LogP contribution in [0.4, 0.5) is 0 Å². The Morgan fingerprint density at radius 2 is 2.20 bits per heavy atom. The van der Waals surface area contributed by atoms with E-state index in [1.807, 2.05) is 18.3 Å². The molecule has 1 atom stereocenters. The number of hydrogen-bond donors (Lipinski definition) is 1. The lowest BCUT2D eigenvalue weighted by Crippen LogP contribution is -2.24. The van der Waals surface area contributed by atoms with Crippen LogP contribution in [0, 0.1) is 0 Å². The third-order valence-corrected chi connectivity index (χ3v) is 5.26. The number of benzene rings is 1. The van der Waals surface area contributed by atoms with E-state index >= 15 is 0 Å². The Kier molecular flexibility index (Phi) is 3.54. The molecular weight excluding hydrogens is 276 g/mol. The number of hydrogen-bond acceptors (Lipinski definition) is 5. The van der Waals surface area contributed by atoms with Gasteiger partial charge in [0.25, 0.3) is 0 Å². The van der Waals surface area contributed by atoms with Crippen LogP contribution in [-0.2, 0) is 16.4 Å². The van der Waals surface area contributed by atoms with Crippen molar-refractivity contribution in [2.45, 2.75) is 23.9 Å². The van der Waals surface area contributed by atoms with Crippen molar-refractivity contribution in [3.8, 4) is 0 Å². The van der Waals surface area contributed by atoms with Crippen LogP contribution >= 0.6 is 0 Å². The number of nitrogens with zero attached hydrogens (tertiary/aromatic N) is 3. The molecule has 0 radical (unpaired) electrons. The Morgan fingerprint density at radius 3 is 3.00 bits per heavy atom. The van der Waals surface area contributed by atoms with Gasteiger partial charge in [-0.1, -0.05) is 23.4 Å². The molecule has 1 aromatic carbocycles. The number of aryl methyl sites for hydroxylation is 1. The van der Waals surface area contributed by atoms with E-state index in [1.54, 1.807) is 23.0 Å². The van der Waals surface area contributed by atoms with Gasteiger partial charge >= 0.3 is 0 Å². The van der Waals surface area contributed by atoms with E-state index in [0.29, 0.717) is 4.90 Å². The third-order valence-electron chi connectivity index (χ3n) is 3.44. The molecule has 2 aromatic rings. The zero-order chi connectivity index (χ0) is 14.0. The molecule has 0 spiro atoms. The van der Waals surface area contributed by atoms with E-state index in [9.17, 15) is 8.42 Å². The van der Waals surface area contributed by atoms with Crippen molar-refractivity contribution >= 4 is 9.84 Å². The molecule has 2 heterocycles.